The Morgan fingerprint density at radius 1 is 1.00 bits per heavy atom. The number of rotatable bonds is 5. The number of benzene rings is 3. The van der Waals surface area contributed by atoms with Crippen LogP contribution in [0.1, 0.15) is 27.0 Å². The van der Waals surface area contributed by atoms with Gasteiger partial charge in [0.15, 0.2) is 0 Å². The molecule has 0 spiro atoms. The van der Waals surface area contributed by atoms with E-state index in [0.29, 0.717) is 17.9 Å². The van der Waals surface area contributed by atoms with Gasteiger partial charge in [-0.3, -0.25) is 10.1 Å². The van der Waals surface area contributed by atoms with Crippen molar-refractivity contribution in [2.24, 2.45) is 0 Å². The Hall–Kier alpha value is -4.11. The summed E-state index contributed by atoms with van der Waals surface area (Å²) < 4.78 is 5.70. The van der Waals surface area contributed by atoms with E-state index in [-0.39, 0.29) is 16.8 Å². The van der Waals surface area contributed by atoms with Crippen LogP contribution in [-0.4, -0.2) is 16.0 Å². The third-order valence-electron chi connectivity index (χ3n) is 3.88. The van der Waals surface area contributed by atoms with E-state index in [1.165, 1.54) is 12.1 Å². The summed E-state index contributed by atoms with van der Waals surface area (Å²) in [5.41, 5.74) is 1.44. The van der Waals surface area contributed by atoms with Gasteiger partial charge in [0, 0.05) is 11.6 Å². The molecule has 28 heavy (non-hydrogen) atoms. The van der Waals surface area contributed by atoms with Crippen LogP contribution in [0.4, 0.5) is 5.69 Å². The zero-order valence-corrected chi connectivity index (χ0v) is 14.7. The highest BCUT2D eigenvalue weighted by Gasteiger charge is 2.15. The summed E-state index contributed by atoms with van der Waals surface area (Å²) in [6.07, 6.45) is 0. The minimum Gasteiger partial charge on any atom is -0.489 e. The van der Waals surface area contributed by atoms with Gasteiger partial charge >= 0.3 is 5.97 Å². The van der Waals surface area contributed by atoms with Crippen LogP contribution in [0.25, 0.3) is 0 Å². The Kier molecular flexibility index (Phi) is 5.68. The van der Waals surface area contributed by atoms with E-state index >= 15 is 0 Å². The Balaban J connectivity index is 1.76. The molecule has 1 N–H and O–H groups in total. The maximum absolute atomic E-state index is 11.1. The Morgan fingerprint density at radius 2 is 1.71 bits per heavy atom. The molecule has 0 saturated heterocycles. The molecular weight excluding hydrogens is 358 g/mol. The summed E-state index contributed by atoms with van der Waals surface area (Å²) in [4.78, 5) is 21.6. The fourth-order valence-electron chi connectivity index (χ4n) is 2.44. The molecule has 0 fully saturated rings. The first-order chi connectivity index (χ1) is 13.5. The van der Waals surface area contributed by atoms with Crippen LogP contribution in [0.5, 0.6) is 5.75 Å². The SMILES string of the molecule is O=C(O)c1ccc([N+](=O)[O-])c(C#Cc2ccc(OCc3ccccc3)cc2)c1. The summed E-state index contributed by atoms with van der Waals surface area (Å²) in [6.45, 7) is 0.444. The normalized spacial score (nSPS) is 9.86. The number of hydrogen-bond acceptors (Lipinski definition) is 4. The molecule has 6 nitrogen and oxygen atoms in total. The highest BCUT2D eigenvalue weighted by atomic mass is 16.6. The van der Waals surface area contributed by atoms with Gasteiger partial charge in [-0.1, -0.05) is 42.2 Å². The number of hydrogen-bond donors (Lipinski definition) is 1. The highest BCUT2D eigenvalue weighted by molar-refractivity contribution is 5.88. The van der Waals surface area contributed by atoms with E-state index in [2.05, 4.69) is 11.8 Å². The van der Waals surface area contributed by atoms with Crippen molar-refractivity contribution in [3.05, 3.63) is 105 Å². The summed E-state index contributed by atoms with van der Waals surface area (Å²) in [5, 5.41) is 20.2. The molecule has 0 heterocycles. The Morgan fingerprint density at radius 3 is 2.36 bits per heavy atom. The largest absolute Gasteiger partial charge is 0.489 e. The zero-order chi connectivity index (χ0) is 19.9. The molecular formula is C22H15NO5. The molecule has 0 aliphatic rings. The molecule has 3 aromatic carbocycles. The van der Waals surface area contributed by atoms with Crippen molar-refractivity contribution in [1.29, 1.82) is 0 Å². The number of carboxylic acids is 1. The number of ether oxygens (including phenoxy) is 1. The quantitative estimate of drug-likeness (QED) is 0.410. The number of carbonyl (C=O) groups is 1. The fourth-order valence-corrected chi connectivity index (χ4v) is 2.44. The second-order valence-corrected chi connectivity index (χ2v) is 5.84. The predicted molar refractivity (Wildman–Crippen MR) is 103 cm³/mol. The number of nitrogens with zero attached hydrogens (tertiary/aromatic N) is 1. The molecule has 3 aromatic rings. The van der Waals surface area contributed by atoms with Crippen LogP contribution in [0.3, 0.4) is 0 Å². The van der Waals surface area contributed by atoms with Gasteiger partial charge in [-0.2, -0.15) is 0 Å². The molecule has 0 unspecified atom stereocenters. The summed E-state index contributed by atoms with van der Waals surface area (Å²) in [7, 11) is 0. The van der Waals surface area contributed by atoms with E-state index in [9.17, 15) is 14.9 Å². The number of nitro groups is 1. The molecule has 0 radical (unpaired) electrons. The van der Waals surface area contributed by atoms with Crippen molar-refractivity contribution < 1.29 is 19.6 Å². The molecule has 0 saturated carbocycles. The minimum absolute atomic E-state index is 0.0503. The monoisotopic (exact) mass is 373 g/mol. The molecule has 6 heteroatoms. The Bertz CT molecular complexity index is 1060. The van der Waals surface area contributed by atoms with Gasteiger partial charge in [0.25, 0.3) is 5.69 Å². The second kappa shape index (κ2) is 8.52. The third kappa shape index (κ3) is 4.74. The standard InChI is InChI=1S/C22H15NO5/c24-22(25)19-10-13-21(23(26)27)18(14-19)9-6-16-7-11-20(12-8-16)28-15-17-4-2-1-3-5-17/h1-5,7-8,10-14H,15H2,(H,24,25). The summed E-state index contributed by atoms with van der Waals surface area (Å²) in [6, 6.07) is 20.3. The molecule has 138 valence electrons. The maximum atomic E-state index is 11.1. The predicted octanol–water partition coefficient (Wildman–Crippen LogP) is 4.27. The van der Waals surface area contributed by atoms with Crippen molar-refractivity contribution in [2.45, 2.75) is 6.61 Å². The van der Waals surface area contributed by atoms with Crippen LogP contribution in [0.15, 0.2) is 72.8 Å². The van der Waals surface area contributed by atoms with Gasteiger partial charge in [-0.15, -0.1) is 0 Å². The van der Waals surface area contributed by atoms with Crippen molar-refractivity contribution in [2.75, 3.05) is 0 Å². The van der Waals surface area contributed by atoms with E-state index in [1.807, 2.05) is 30.3 Å². The second-order valence-electron chi connectivity index (χ2n) is 5.84. The van der Waals surface area contributed by atoms with Gasteiger partial charge < -0.3 is 9.84 Å². The lowest BCUT2D eigenvalue weighted by Crippen LogP contribution is -1.99. The lowest BCUT2D eigenvalue weighted by Gasteiger charge is -2.06. The minimum atomic E-state index is -1.17. The molecule has 0 aliphatic carbocycles. The van der Waals surface area contributed by atoms with Crippen molar-refractivity contribution in [3.63, 3.8) is 0 Å². The molecule has 0 atom stereocenters. The van der Waals surface area contributed by atoms with Gasteiger partial charge in [0.05, 0.1) is 10.5 Å². The molecule has 3 rings (SSSR count). The van der Waals surface area contributed by atoms with Gasteiger partial charge in [-0.25, -0.2) is 4.79 Å². The van der Waals surface area contributed by atoms with Crippen LogP contribution < -0.4 is 4.74 Å². The molecule has 0 aliphatic heterocycles. The first kappa shape index (κ1) is 18.7. The third-order valence-corrected chi connectivity index (χ3v) is 3.88. The van der Waals surface area contributed by atoms with Crippen LogP contribution in [-0.2, 0) is 6.61 Å². The first-order valence-electron chi connectivity index (χ1n) is 8.33. The van der Waals surface area contributed by atoms with E-state index < -0.39 is 10.9 Å². The van der Waals surface area contributed by atoms with E-state index in [0.717, 1.165) is 11.6 Å². The Labute approximate surface area is 161 Å². The average Bonchev–Trinajstić information content (AvgIpc) is 2.72. The van der Waals surface area contributed by atoms with Gasteiger partial charge in [0.1, 0.15) is 17.9 Å². The lowest BCUT2D eigenvalue weighted by atomic mass is 10.1. The lowest BCUT2D eigenvalue weighted by molar-refractivity contribution is -0.385. The number of carboxylic acid groups (broad SMARTS) is 1. The van der Waals surface area contributed by atoms with E-state index in [1.54, 1.807) is 24.3 Å². The average molecular weight is 373 g/mol. The fraction of sp³-hybridized carbons (Fsp3) is 0.0455. The zero-order valence-electron chi connectivity index (χ0n) is 14.7. The first-order valence-corrected chi connectivity index (χ1v) is 8.33. The van der Waals surface area contributed by atoms with E-state index in [4.69, 9.17) is 9.84 Å². The van der Waals surface area contributed by atoms with Gasteiger partial charge in [0.2, 0.25) is 0 Å². The molecule has 0 aromatic heterocycles. The summed E-state index contributed by atoms with van der Waals surface area (Å²) >= 11 is 0. The van der Waals surface area contributed by atoms with Crippen LogP contribution in [0, 0.1) is 22.0 Å². The van der Waals surface area contributed by atoms with Crippen LogP contribution >= 0.6 is 0 Å². The highest BCUT2D eigenvalue weighted by Crippen LogP contribution is 2.20. The topological polar surface area (TPSA) is 89.7 Å². The number of nitro benzene ring substituents is 1. The van der Waals surface area contributed by atoms with Crippen molar-refractivity contribution >= 4 is 11.7 Å². The summed E-state index contributed by atoms with van der Waals surface area (Å²) in [5.74, 6) is 5.01. The smallest absolute Gasteiger partial charge is 0.335 e. The molecule has 0 amide bonds. The maximum Gasteiger partial charge on any atom is 0.335 e. The van der Waals surface area contributed by atoms with Gasteiger partial charge in [-0.05, 0) is 42.0 Å². The van der Waals surface area contributed by atoms with Crippen molar-refractivity contribution in [1.82, 2.24) is 0 Å². The molecule has 0 bridgehead atoms. The van der Waals surface area contributed by atoms with Crippen molar-refractivity contribution in [3.8, 4) is 17.6 Å². The van der Waals surface area contributed by atoms with Crippen LogP contribution in [0.2, 0.25) is 0 Å². The number of aromatic carboxylic acids is 1.